The van der Waals surface area contributed by atoms with E-state index in [0.717, 1.165) is 11.3 Å². The lowest BCUT2D eigenvalue weighted by molar-refractivity contribution is -0.126. The van der Waals surface area contributed by atoms with Crippen molar-refractivity contribution in [2.75, 3.05) is 18.6 Å². The first-order chi connectivity index (χ1) is 12.5. The number of benzene rings is 1. The SMILES string of the molecule is COc1ccccc1N1C[C@H](C(=O)NCc2nc(C(=O)O)cs2)CC1=O. The number of para-hydroxylation sites is 2. The average Bonchev–Trinajstić information content (AvgIpc) is 3.26. The van der Waals surface area contributed by atoms with Gasteiger partial charge in [-0.2, -0.15) is 0 Å². The van der Waals surface area contributed by atoms with E-state index in [-0.39, 0.29) is 37.0 Å². The minimum Gasteiger partial charge on any atom is -0.495 e. The molecule has 8 nitrogen and oxygen atoms in total. The molecule has 1 aromatic heterocycles. The Hall–Kier alpha value is -2.94. The van der Waals surface area contributed by atoms with Crippen LogP contribution in [-0.4, -0.2) is 41.5 Å². The Morgan fingerprint density at radius 2 is 2.19 bits per heavy atom. The van der Waals surface area contributed by atoms with Gasteiger partial charge < -0.3 is 20.1 Å². The van der Waals surface area contributed by atoms with E-state index in [9.17, 15) is 14.4 Å². The summed E-state index contributed by atoms with van der Waals surface area (Å²) in [5.41, 5.74) is 0.596. The van der Waals surface area contributed by atoms with E-state index < -0.39 is 11.9 Å². The molecule has 2 N–H and O–H groups in total. The zero-order chi connectivity index (χ0) is 18.7. The van der Waals surface area contributed by atoms with E-state index in [1.807, 2.05) is 6.07 Å². The number of rotatable bonds is 6. The van der Waals surface area contributed by atoms with Gasteiger partial charge >= 0.3 is 5.97 Å². The second-order valence-corrected chi connectivity index (χ2v) is 6.67. The molecule has 0 radical (unpaired) electrons. The van der Waals surface area contributed by atoms with Crippen molar-refractivity contribution in [1.82, 2.24) is 10.3 Å². The van der Waals surface area contributed by atoms with Gasteiger partial charge in [-0.3, -0.25) is 9.59 Å². The van der Waals surface area contributed by atoms with E-state index in [4.69, 9.17) is 9.84 Å². The molecular weight excluding hydrogens is 358 g/mol. The lowest BCUT2D eigenvalue weighted by Gasteiger charge is -2.19. The summed E-state index contributed by atoms with van der Waals surface area (Å²) in [5.74, 6) is -1.41. The topological polar surface area (TPSA) is 109 Å². The van der Waals surface area contributed by atoms with Crippen LogP contribution < -0.4 is 15.0 Å². The second-order valence-electron chi connectivity index (χ2n) is 5.73. The minimum absolute atomic E-state index is 0.0439. The van der Waals surface area contributed by atoms with Gasteiger partial charge in [-0.05, 0) is 12.1 Å². The van der Waals surface area contributed by atoms with E-state index in [2.05, 4.69) is 10.3 Å². The molecule has 0 unspecified atom stereocenters. The van der Waals surface area contributed by atoms with Crippen molar-refractivity contribution in [3.63, 3.8) is 0 Å². The summed E-state index contributed by atoms with van der Waals surface area (Å²) in [6.45, 7) is 0.402. The smallest absolute Gasteiger partial charge is 0.355 e. The highest BCUT2D eigenvalue weighted by Crippen LogP contribution is 2.32. The molecule has 0 aliphatic carbocycles. The van der Waals surface area contributed by atoms with Crippen molar-refractivity contribution in [2.45, 2.75) is 13.0 Å². The number of aromatic nitrogens is 1. The van der Waals surface area contributed by atoms with Crippen LogP contribution in [0.2, 0.25) is 0 Å². The van der Waals surface area contributed by atoms with E-state index in [0.29, 0.717) is 16.4 Å². The number of carbonyl (C=O) groups is 3. The van der Waals surface area contributed by atoms with Crippen LogP contribution in [-0.2, 0) is 16.1 Å². The highest BCUT2D eigenvalue weighted by atomic mass is 32.1. The van der Waals surface area contributed by atoms with Crippen molar-refractivity contribution in [3.05, 3.63) is 40.3 Å². The standard InChI is InChI=1S/C17H17N3O5S/c1-25-13-5-3-2-4-12(13)20-8-10(6-15(20)21)16(22)18-7-14-19-11(9-26-14)17(23)24/h2-5,9-10H,6-8H2,1H3,(H,18,22)(H,23,24)/t10-/m1/s1. The summed E-state index contributed by atoms with van der Waals surface area (Å²) in [6.07, 6.45) is 0.113. The Morgan fingerprint density at radius 1 is 1.42 bits per heavy atom. The third kappa shape index (κ3) is 3.67. The Balaban J connectivity index is 1.62. The maximum atomic E-state index is 12.4. The fraction of sp³-hybridized carbons (Fsp3) is 0.294. The van der Waals surface area contributed by atoms with Gasteiger partial charge in [0.05, 0.1) is 25.3 Å². The third-order valence-electron chi connectivity index (χ3n) is 4.06. The zero-order valence-electron chi connectivity index (χ0n) is 14.0. The van der Waals surface area contributed by atoms with Gasteiger partial charge in [0.15, 0.2) is 5.69 Å². The van der Waals surface area contributed by atoms with Crippen LogP contribution in [0.4, 0.5) is 5.69 Å². The molecule has 0 spiro atoms. The number of anilines is 1. The molecule has 1 aliphatic heterocycles. The van der Waals surface area contributed by atoms with Crippen molar-refractivity contribution in [1.29, 1.82) is 0 Å². The number of carboxylic acids is 1. The number of methoxy groups -OCH3 is 1. The minimum atomic E-state index is -1.10. The highest BCUT2D eigenvalue weighted by molar-refractivity contribution is 7.09. The predicted molar refractivity (Wildman–Crippen MR) is 94.4 cm³/mol. The fourth-order valence-corrected chi connectivity index (χ4v) is 3.47. The van der Waals surface area contributed by atoms with Gasteiger partial charge in [0, 0.05) is 18.3 Å². The number of carbonyl (C=O) groups excluding carboxylic acids is 2. The monoisotopic (exact) mass is 375 g/mol. The third-order valence-corrected chi connectivity index (χ3v) is 4.91. The molecule has 1 aromatic carbocycles. The Labute approximate surface area is 153 Å². The number of ether oxygens (including phenoxy) is 1. The van der Waals surface area contributed by atoms with Gasteiger partial charge in [-0.1, -0.05) is 12.1 Å². The van der Waals surface area contributed by atoms with Crippen molar-refractivity contribution in [2.24, 2.45) is 5.92 Å². The second kappa shape index (κ2) is 7.52. The average molecular weight is 375 g/mol. The summed E-state index contributed by atoms with van der Waals surface area (Å²) in [4.78, 5) is 41.0. The van der Waals surface area contributed by atoms with Crippen molar-refractivity contribution < 1.29 is 24.2 Å². The predicted octanol–water partition coefficient (Wildman–Crippen LogP) is 1.52. The first-order valence-corrected chi connectivity index (χ1v) is 8.76. The van der Waals surface area contributed by atoms with Gasteiger partial charge in [0.2, 0.25) is 11.8 Å². The first-order valence-electron chi connectivity index (χ1n) is 7.88. The summed E-state index contributed by atoms with van der Waals surface area (Å²) in [7, 11) is 1.53. The number of carboxylic acid groups (broad SMARTS) is 1. The zero-order valence-corrected chi connectivity index (χ0v) is 14.8. The van der Waals surface area contributed by atoms with E-state index in [1.165, 1.54) is 12.5 Å². The van der Waals surface area contributed by atoms with E-state index >= 15 is 0 Å². The molecule has 1 atom stereocenters. The number of thiazole rings is 1. The van der Waals surface area contributed by atoms with Crippen LogP contribution in [0.3, 0.4) is 0 Å². The number of hydrogen-bond donors (Lipinski definition) is 2. The molecule has 0 saturated carbocycles. The Morgan fingerprint density at radius 3 is 2.88 bits per heavy atom. The Bertz CT molecular complexity index is 850. The molecule has 2 heterocycles. The van der Waals surface area contributed by atoms with Crippen LogP contribution in [0.25, 0.3) is 0 Å². The lowest BCUT2D eigenvalue weighted by atomic mass is 10.1. The maximum absolute atomic E-state index is 12.4. The molecule has 136 valence electrons. The Kier molecular flexibility index (Phi) is 5.17. The molecule has 9 heteroatoms. The molecule has 26 heavy (non-hydrogen) atoms. The van der Waals surface area contributed by atoms with Crippen molar-refractivity contribution >= 4 is 34.8 Å². The van der Waals surface area contributed by atoms with Gasteiger partial charge in [0.1, 0.15) is 10.8 Å². The summed E-state index contributed by atoms with van der Waals surface area (Å²) < 4.78 is 5.28. The maximum Gasteiger partial charge on any atom is 0.355 e. The molecule has 2 amide bonds. The van der Waals surface area contributed by atoms with Crippen LogP contribution in [0, 0.1) is 5.92 Å². The van der Waals surface area contributed by atoms with Crippen LogP contribution in [0.15, 0.2) is 29.6 Å². The van der Waals surface area contributed by atoms with Gasteiger partial charge in [0.25, 0.3) is 0 Å². The largest absolute Gasteiger partial charge is 0.495 e. The normalized spacial score (nSPS) is 16.6. The summed E-state index contributed by atoms with van der Waals surface area (Å²) in [6, 6.07) is 7.16. The lowest BCUT2D eigenvalue weighted by Crippen LogP contribution is -2.32. The highest BCUT2D eigenvalue weighted by Gasteiger charge is 2.36. The number of amides is 2. The van der Waals surface area contributed by atoms with Gasteiger partial charge in [-0.25, -0.2) is 9.78 Å². The number of nitrogens with zero attached hydrogens (tertiary/aromatic N) is 2. The number of aromatic carboxylic acids is 1. The fourth-order valence-electron chi connectivity index (χ4n) is 2.77. The van der Waals surface area contributed by atoms with Crippen LogP contribution in [0.1, 0.15) is 21.9 Å². The number of nitrogens with one attached hydrogen (secondary N) is 1. The van der Waals surface area contributed by atoms with Gasteiger partial charge in [-0.15, -0.1) is 11.3 Å². The molecule has 1 fully saturated rings. The van der Waals surface area contributed by atoms with Crippen LogP contribution >= 0.6 is 11.3 Å². The molecule has 3 rings (SSSR count). The molecule has 1 aliphatic rings. The quantitative estimate of drug-likeness (QED) is 0.792. The molecule has 2 aromatic rings. The summed E-state index contributed by atoms with van der Waals surface area (Å²) in [5, 5.41) is 13.5. The first kappa shape index (κ1) is 17.9. The summed E-state index contributed by atoms with van der Waals surface area (Å²) >= 11 is 1.16. The molecule has 1 saturated heterocycles. The number of hydrogen-bond acceptors (Lipinski definition) is 6. The van der Waals surface area contributed by atoms with Crippen LogP contribution in [0.5, 0.6) is 5.75 Å². The van der Waals surface area contributed by atoms with Crippen molar-refractivity contribution in [3.8, 4) is 5.75 Å². The van der Waals surface area contributed by atoms with E-state index in [1.54, 1.807) is 23.1 Å². The molecule has 0 bridgehead atoms. The molecular formula is C17H17N3O5S.